The number of hydrogen-bond donors (Lipinski definition) is 1. The maximum absolute atomic E-state index is 13.0. The molecule has 0 heterocycles. The molecule has 2 rings (SSSR count). The first-order valence-electron chi connectivity index (χ1n) is 5.96. The molecule has 0 aliphatic carbocycles. The molecule has 2 aromatic carbocycles. The van der Waals surface area contributed by atoms with Crippen LogP contribution in [-0.4, -0.2) is 0 Å². The molecule has 2 aromatic rings. The van der Waals surface area contributed by atoms with Crippen molar-refractivity contribution in [3.8, 4) is 0 Å². The van der Waals surface area contributed by atoms with Crippen LogP contribution in [0.5, 0.6) is 0 Å². The van der Waals surface area contributed by atoms with Gasteiger partial charge in [-0.2, -0.15) is 0 Å². The molecule has 0 atom stereocenters. The predicted molar refractivity (Wildman–Crippen MR) is 77.2 cm³/mol. The monoisotopic (exact) mass is 307 g/mol. The van der Waals surface area contributed by atoms with E-state index in [4.69, 9.17) is 0 Å². The molecule has 18 heavy (non-hydrogen) atoms. The normalized spacial score (nSPS) is 10.4. The highest BCUT2D eigenvalue weighted by Gasteiger charge is 2.01. The molecule has 0 fully saturated rings. The molecule has 0 amide bonds. The average molecular weight is 308 g/mol. The van der Waals surface area contributed by atoms with Crippen molar-refractivity contribution in [1.82, 2.24) is 0 Å². The third-order valence-electron chi connectivity index (χ3n) is 2.83. The summed E-state index contributed by atoms with van der Waals surface area (Å²) in [6.45, 7) is 2.81. The Hall–Kier alpha value is -1.35. The smallest absolute Gasteiger partial charge is 0.124 e. The molecule has 0 radical (unpaired) electrons. The quantitative estimate of drug-likeness (QED) is 0.858. The first-order valence-corrected chi connectivity index (χ1v) is 6.75. The van der Waals surface area contributed by atoms with E-state index in [9.17, 15) is 4.39 Å². The fraction of sp³-hybridized carbons (Fsp3) is 0.200. The van der Waals surface area contributed by atoms with Crippen LogP contribution in [0.3, 0.4) is 0 Å². The summed E-state index contributed by atoms with van der Waals surface area (Å²) in [4.78, 5) is 0. The van der Waals surface area contributed by atoms with Gasteiger partial charge in [-0.25, -0.2) is 4.39 Å². The molecular formula is C15H15BrFN. The Kier molecular flexibility index (Phi) is 4.37. The van der Waals surface area contributed by atoms with Crippen LogP contribution in [-0.2, 0) is 13.0 Å². The number of hydrogen-bond acceptors (Lipinski definition) is 1. The van der Waals surface area contributed by atoms with Crippen molar-refractivity contribution < 1.29 is 4.39 Å². The lowest BCUT2D eigenvalue weighted by atomic mass is 10.1. The highest BCUT2D eigenvalue weighted by atomic mass is 79.9. The third-order valence-corrected chi connectivity index (χ3v) is 3.57. The van der Waals surface area contributed by atoms with Crippen molar-refractivity contribution in [3.63, 3.8) is 0 Å². The Morgan fingerprint density at radius 2 is 2.00 bits per heavy atom. The number of nitrogens with one attached hydrogen (secondary N) is 1. The SMILES string of the molecule is CCc1cccc(NCc2ccc(F)cc2Br)c1. The largest absolute Gasteiger partial charge is 0.381 e. The lowest BCUT2D eigenvalue weighted by Crippen LogP contribution is -2.00. The van der Waals surface area contributed by atoms with Crippen LogP contribution in [0, 0.1) is 5.82 Å². The molecule has 0 aromatic heterocycles. The molecule has 0 spiro atoms. The lowest BCUT2D eigenvalue weighted by molar-refractivity contribution is 0.626. The lowest BCUT2D eigenvalue weighted by Gasteiger charge is -2.09. The summed E-state index contributed by atoms with van der Waals surface area (Å²) in [6.07, 6.45) is 1.02. The van der Waals surface area contributed by atoms with Gasteiger partial charge in [0.2, 0.25) is 0 Å². The number of benzene rings is 2. The van der Waals surface area contributed by atoms with E-state index >= 15 is 0 Å². The van der Waals surface area contributed by atoms with Crippen LogP contribution in [0.1, 0.15) is 18.1 Å². The Bertz CT molecular complexity index is 540. The molecule has 1 N–H and O–H groups in total. The van der Waals surface area contributed by atoms with Gasteiger partial charge >= 0.3 is 0 Å². The topological polar surface area (TPSA) is 12.0 Å². The van der Waals surface area contributed by atoms with E-state index in [0.717, 1.165) is 22.1 Å². The fourth-order valence-electron chi connectivity index (χ4n) is 1.76. The zero-order valence-corrected chi connectivity index (χ0v) is 11.8. The van der Waals surface area contributed by atoms with Gasteiger partial charge in [-0.3, -0.25) is 0 Å². The second-order valence-corrected chi connectivity index (χ2v) is 5.00. The molecule has 0 bridgehead atoms. The minimum Gasteiger partial charge on any atom is -0.381 e. The highest BCUT2D eigenvalue weighted by molar-refractivity contribution is 9.10. The average Bonchev–Trinajstić information content (AvgIpc) is 2.38. The van der Waals surface area contributed by atoms with Crippen LogP contribution in [0.15, 0.2) is 46.9 Å². The second kappa shape index (κ2) is 6.01. The minimum atomic E-state index is -0.224. The predicted octanol–water partition coefficient (Wildman–Crippen LogP) is 4.76. The number of rotatable bonds is 4. The molecule has 0 aliphatic heterocycles. The van der Waals surface area contributed by atoms with Crippen molar-refractivity contribution in [2.45, 2.75) is 19.9 Å². The standard InChI is InChI=1S/C15H15BrFN/c1-2-11-4-3-5-14(8-11)18-10-12-6-7-13(17)9-15(12)16/h3-9,18H,2,10H2,1H3. The van der Waals surface area contributed by atoms with Crippen molar-refractivity contribution >= 4 is 21.6 Å². The van der Waals surface area contributed by atoms with Gasteiger partial charge in [0.15, 0.2) is 0 Å². The van der Waals surface area contributed by atoms with Crippen LogP contribution in [0.2, 0.25) is 0 Å². The van der Waals surface area contributed by atoms with Crippen molar-refractivity contribution in [3.05, 3.63) is 63.9 Å². The van der Waals surface area contributed by atoms with E-state index in [1.165, 1.54) is 17.7 Å². The number of halogens is 2. The van der Waals surface area contributed by atoms with Gasteiger partial charge in [-0.05, 0) is 41.8 Å². The van der Waals surface area contributed by atoms with E-state index in [1.807, 2.05) is 12.1 Å². The van der Waals surface area contributed by atoms with Gasteiger partial charge < -0.3 is 5.32 Å². The fourth-order valence-corrected chi connectivity index (χ4v) is 2.25. The Morgan fingerprint density at radius 3 is 2.72 bits per heavy atom. The van der Waals surface area contributed by atoms with Crippen molar-refractivity contribution in [2.75, 3.05) is 5.32 Å². The van der Waals surface area contributed by atoms with Crippen LogP contribution >= 0.6 is 15.9 Å². The van der Waals surface area contributed by atoms with E-state index in [0.29, 0.717) is 6.54 Å². The van der Waals surface area contributed by atoms with Crippen molar-refractivity contribution in [1.29, 1.82) is 0 Å². The maximum Gasteiger partial charge on any atom is 0.124 e. The number of anilines is 1. The van der Waals surface area contributed by atoms with Gasteiger partial charge in [-0.1, -0.05) is 41.1 Å². The first kappa shape index (κ1) is 13.1. The Morgan fingerprint density at radius 1 is 1.17 bits per heavy atom. The van der Waals surface area contributed by atoms with E-state index < -0.39 is 0 Å². The molecule has 1 nitrogen and oxygen atoms in total. The Balaban J connectivity index is 2.06. The van der Waals surface area contributed by atoms with Crippen LogP contribution in [0.25, 0.3) is 0 Å². The molecule has 0 aliphatic rings. The summed E-state index contributed by atoms with van der Waals surface area (Å²) in [5.41, 5.74) is 3.43. The third kappa shape index (κ3) is 3.33. The summed E-state index contributed by atoms with van der Waals surface area (Å²) in [5.74, 6) is -0.224. The zero-order chi connectivity index (χ0) is 13.0. The minimum absolute atomic E-state index is 0.224. The number of aryl methyl sites for hydroxylation is 1. The molecular weight excluding hydrogens is 293 g/mol. The summed E-state index contributed by atoms with van der Waals surface area (Å²) in [6, 6.07) is 13.1. The van der Waals surface area contributed by atoms with E-state index in [2.05, 4.69) is 40.3 Å². The summed E-state index contributed by atoms with van der Waals surface area (Å²) < 4.78 is 13.8. The van der Waals surface area contributed by atoms with Gasteiger partial charge in [-0.15, -0.1) is 0 Å². The first-order chi connectivity index (χ1) is 8.69. The maximum atomic E-state index is 13.0. The van der Waals surface area contributed by atoms with E-state index in [1.54, 1.807) is 6.07 Å². The zero-order valence-electron chi connectivity index (χ0n) is 10.2. The van der Waals surface area contributed by atoms with Crippen LogP contribution in [0.4, 0.5) is 10.1 Å². The van der Waals surface area contributed by atoms with Gasteiger partial charge in [0, 0.05) is 16.7 Å². The van der Waals surface area contributed by atoms with Gasteiger partial charge in [0.25, 0.3) is 0 Å². The molecule has 94 valence electrons. The summed E-state index contributed by atoms with van der Waals surface area (Å²) in [7, 11) is 0. The molecule has 0 saturated carbocycles. The second-order valence-electron chi connectivity index (χ2n) is 4.14. The molecule has 3 heteroatoms. The van der Waals surface area contributed by atoms with Crippen molar-refractivity contribution in [2.24, 2.45) is 0 Å². The van der Waals surface area contributed by atoms with Gasteiger partial charge in [0.05, 0.1) is 0 Å². The summed E-state index contributed by atoms with van der Waals surface area (Å²) in [5, 5.41) is 3.34. The summed E-state index contributed by atoms with van der Waals surface area (Å²) >= 11 is 3.37. The molecule has 0 unspecified atom stereocenters. The van der Waals surface area contributed by atoms with Gasteiger partial charge in [0.1, 0.15) is 5.82 Å². The molecule has 0 saturated heterocycles. The highest BCUT2D eigenvalue weighted by Crippen LogP contribution is 2.20. The van der Waals surface area contributed by atoms with E-state index in [-0.39, 0.29) is 5.82 Å². The van der Waals surface area contributed by atoms with Crippen LogP contribution < -0.4 is 5.32 Å². The Labute approximate surface area is 115 Å².